The predicted molar refractivity (Wildman–Crippen MR) is 64.6 cm³/mol. The fourth-order valence-electron chi connectivity index (χ4n) is 2.01. The highest BCUT2D eigenvalue weighted by molar-refractivity contribution is 5.90. The number of halogens is 4. The molecule has 4 nitrogen and oxygen atoms in total. The van der Waals surface area contributed by atoms with E-state index in [0.29, 0.717) is 11.3 Å². The van der Waals surface area contributed by atoms with Gasteiger partial charge in [-0.1, -0.05) is 6.58 Å². The molecule has 1 unspecified atom stereocenters. The third-order valence-electron chi connectivity index (χ3n) is 2.79. The molecule has 0 saturated heterocycles. The number of nitrogens with zero attached hydrogens (tertiary/aromatic N) is 2. The predicted octanol–water partition coefficient (Wildman–Crippen LogP) is 2.72. The van der Waals surface area contributed by atoms with Crippen LogP contribution in [0.25, 0.3) is 0 Å². The van der Waals surface area contributed by atoms with Gasteiger partial charge in [-0.2, -0.15) is 18.3 Å². The Morgan fingerprint density at radius 2 is 2.00 bits per heavy atom. The topological polar surface area (TPSA) is 46.9 Å². The molecule has 1 atom stereocenters. The number of aryl methyl sites for hydroxylation is 1. The number of nitrogens with one attached hydrogen (secondary N) is 1. The number of hydrogen-bond donors (Lipinski definition) is 1. The minimum atomic E-state index is -4.39. The van der Waals surface area contributed by atoms with Crippen molar-refractivity contribution in [2.75, 3.05) is 0 Å². The van der Waals surface area contributed by atoms with E-state index in [0.717, 1.165) is 4.68 Å². The van der Waals surface area contributed by atoms with Gasteiger partial charge in [-0.15, -0.1) is 0 Å². The summed E-state index contributed by atoms with van der Waals surface area (Å²) >= 11 is 0. The second-order valence-electron chi connectivity index (χ2n) is 4.46. The first-order chi connectivity index (χ1) is 9.03. The molecule has 0 aliphatic rings. The van der Waals surface area contributed by atoms with Crippen LogP contribution in [0.2, 0.25) is 0 Å². The lowest BCUT2D eigenvalue weighted by Crippen LogP contribution is -2.27. The van der Waals surface area contributed by atoms with Gasteiger partial charge >= 0.3 is 6.18 Å². The first-order valence-corrected chi connectivity index (χ1v) is 5.79. The van der Waals surface area contributed by atoms with Crippen molar-refractivity contribution in [2.24, 2.45) is 0 Å². The van der Waals surface area contributed by atoms with Crippen LogP contribution in [0.15, 0.2) is 12.4 Å². The highest BCUT2D eigenvalue weighted by Gasteiger charge is 2.31. The molecule has 0 spiro atoms. The van der Waals surface area contributed by atoms with Crippen molar-refractivity contribution < 1.29 is 22.4 Å². The second kappa shape index (κ2) is 5.64. The molecule has 1 heterocycles. The Morgan fingerprint density at radius 1 is 1.45 bits per heavy atom. The SMILES string of the molecule is C=C(F)C(=O)NC(C)c1c(C)nn(CC(F)(F)F)c1C. The van der Waals surface area contributed by atoms with Crippen molar-refractivity contribution >= 4 is 5.91 Å². The zero-order chi connectivity index (χ0) is 15.7. The van der Waals surface area contributed by atoms with Crippen molar-refractivity contribution in [2.45, 2.75) is 39.5 Å². The maximum absolute atomic E-state index is 12.6. The average Bonchev–Trinajstić information content (AvgIpc) is 2.51. The Kier molecular flexibility index (Phi) is 4.57. The van der Waals surface area contributed by atoms with Gasteiger partial charge in [-0.3, -0.25) is 9.48 Å². The summed E-state index contributed by atoms with van der Waals surface area (Å²) in [4.78, 5) is 11.2. The van der Waals surface area contributed by atoms with Gasteiger partial charge in [0, 0.05) is 11.3 Å². The summed E-state index contributed by atoms with van der Waals surface area (Å²) in [7, 11) is 0. The molecule has 1 aromatic heterocycles. The van der Waals surface area contributed by atoms with Crippen molar-refractivity contribution in [3.63, 3.8) is 0 Å². The van der Waals surface area contributed by atoms with Crippen LogP contribution >= 0.6 is 0 Å². The molecule has 1 amide bonds. The Balaban J connectivity index is 3.01. The standard InChI is InChI=1S/C12H15F4N3O/c1-6(13)11(20)17-7(2)10-8(3)18-19(9(10)4)5-12(14,15)16/h7H,1,5H2,2-4H3,(H,17,20). The van der Waals surface area contributed by atoms with Gasteiger partial charge < -0.3 is 5.32 Å². The molecule has 20 heavy (non-hydrogen) atoms. The average molecular weight is 293 g/mol. The molecule has 0 bridgehead atoms. The van der Waals surface area contributed by atoms with Crippen molar-refractivity contribution in [3.05, 3.63) is 29.4 Å². The van der Waals surface area contributed by atoms with Crippen LogP contribution in [0.3, 0.4) is 0 Å². The van der Waals surface area contributed by atoms with Crippen LogP contribution in [0.1, 0.15) is 29.9 Å². The molecule has 112 valence electrons. The monoisotopic (exact) mass is 293 g/mol. The number of amides is 1. The molecule has 1 aromatic rings. The van der Waals surface area contributed by atoms with E-state index >= 15 is 0 Å². The number of alkyl halides is 3. The maximum atomic E-state index is 12.6. The highest BCUT2D eigenvalue weighted by atomic mass is 19.4. The molecule has 0 aromatic carbocycles. The number of rotatable bonds is 4. The molecule has 1 rings (SSSR count). The van der Waals surface area contributed by atoms with Crippen molar-refractivity contribution in [3.8, 4) is 0 Å². The fourth-order valence-corrected chi connectivity index (χ4v) is 2.01. The first-order valence-electron chi connectivity index (χ1n) is 5.79. The molecule has 0 saturated carbocycles. The first kappa shape index (κ1) is 16.2. The van der Waals surface area contributed by atoms with E-state index in [2.05, 4.69) is 17.0 Å². The summed E-state index contributed by atoms with van der Waals surface area (Å²) in [5.74, 6) is -2.16. The summed E-state index contributed by atoms with van der Waals surface area (Å²) in [6.07, 6.45) is -4.39. The van der Waals surface area contributed by atoms with Crippen LogP contribution in [0.4, 0.5) is 17.6 Å². The largest absolute Gasteiger partial charge is 0.408 e. The lowest BCUT2D eigenvalue weighted by Gasteiger charge is -2.14. The lowest BCUT2D eigenvalue weighted by atomic mass is 10.1. The van der Waals surface area contributed by atoms with E-state index in [4.69, 9.17) is 0 Å². The number of carbonyl (C=O) groups excluding carboxylic acids is 1. The summed E-state index contributed by atoms with van der Waals surface area (Å²) in [5, 5.41) is 6.10. The van der Waals surface area contributed by atoms with Crippen LogP contribution in [-0.4, -0.2) is 21.9 Å². The summed E-state index contributed by atoms with van der Waals surface area (Å²) in [6.45, 7) is 6.17. The number of hydrogen-bond acceptors (Lipinski definition) is 2. The Hall–Kier alpha value is -1.86. The van der Waals surface area contributed by atoms with E-state index in [9.17, 15) is 22.4 Å². The molecule has 8 heteroatoms. The molecule has 1 N–H and O–H groups in total. The van der Waals surface area contributed by atoms with E-state index in [-0.39, 0.29) is 5.69 Å². The van der Waals surface area contributed by atoms with Crippen molar-refractivity contribution in [1.82, 2.24) is 15.1 Å². The Labute approximate surface area is 113 Å². The Morgan fingerprint density at radius 3 is 2.45 bits per heavy atom. The van der Waals surface area contributed by atoms with Gasteiger partial charge in [-0.05, 0) is 20.8 Å². The zero-order valence-corrected chi connectivity index (χ0v) is 11.3. The highest BCUT2D eigenvalue weighted by Crippen LogP contribution is 2.25. The number of aromatic nitrogens is 2. The summed E-state index contributed by atoms with van der Waals surface area (Å²) < 4.78 is 50.6. The van der Waals surface area contributed by atoms with E-state index in [1.807, 2.05) is 0 Å². The third kappa shape index (κ3) is 3.82. The maximum Gasteiger partial charge on any atom is 0.408 e. The molecule has 0 radical (unpaired) electrons. The normalized spacial score (nSPS) is 13.2. The summed E-state index contributed by atoms with van der Waals surface area (Å²) in [6, 6.07) is -0.669. The zero-order valence-electron chi connectivity index (χ0n) is 11.3. The van der Waals surface area contributed by atoms with Crippen LogP contribution in [-0.2, 0) is 11.3 Å². The van der Waals surface area contributed by atoms with Gasteiger partial charge in [0.05, 0.1) is 11.7 Å². The minimum Gasteiger partial charge on any atom is -0.343 e. The van der Waals surface area contributed by atoms with Gasteiger partial charge in [0.15, 0.2) is 5.83 Å². The van der Waals surface area contributed by atoms with E-state index in [1.165, 1.54) is 20.8 Å². The molecular weight excluding hydrogens is 278 g/mol. The fraction of sp³-hybridized carbons (Fsp3) is 0.500. The quantitative estimate of drug-likeness (QED) is 0.685. The number of carbonyl (C=O) groups is 1. The second-order valence-corrected chi connectivity index (χ2v) is 4.46. The molecular formula is C12H15F4N3O. The van der Waals surface area contributed by atoms with Gasteiger partial charge in [-0.25, -0.2) is 4.39 Å². The smallest absolute Gasteiger partial charge is 0.343 e. The van der Waals surface area contributed by atoms with E-state index in [1.54, 1.807) is 0 Å². The van der Waals surface area contributed by atoms with Gasteiger partial charge in [0.2, 0.25) is 0 Å². The molecule has 0 fully saturated rings. The van der Waals surface area contributed by atoms with Gasteiger partial charge in [0.1, 0.15) is 6.54 Å². The van der Waals surface area contributed by atoms with Crippen LogP contribution in [0, 0.1) is 13.8 Å². The van der Waals surface area contributed by atoms with Crippen molar-refractivity contribution in [1.29, 1.82) is 0 Å². The Bertz CT molecular complexity index is 534. The molecule has 0 aliphatic heterocycles. The third-order valence-corrected chi connectivity index (χ3v) is 2.79. The van der Waals surface area contributed by atoms with Crippen LogP contribution in [0.5, 0.6) is 0 Å². The van der Waals surface area contributed by atoms with Gasteiger partial charge in [0.25, 0.3) is 5.91 Å². The minimum absolute atomic E-state index is 0.275. The van der Waals surface area contributed by atoms with E-state index < -0.39 is 30.5 Å². The lowest BCUT2D eigenvalue weighted by molar-refractivity contribution is -0.143. The summed E-state index contributed by atoms with van der Waals surface area (Å²) in [5.41, 5.74) is 1.06. The van der Waals surface area contributed by atoms with Crippen LogP contribution < -0.4 is 5.32 Å². The molecule has 0 aliphatic carbocycles.